The molecule has 1 rings (SSSR count). The van der Waals surface area contributed by atoms with Crippen LogP contribution in [0.3, 0.4) is 0 Å². The molecule has 0 spiro atoms. The maximum Gasteiger partial charge on any atom is 0.0762 e. The maximum absolute atomic E-state index is 9.34. The van der Waals surface area contributed by atoms with Crippen molar-refractivity contribution in [3.63, 3.8) is 0 Å². The van der Waals surface area contributed by atoms with Gasteiger partial charge in [0.1, 0.15) is 0 Å². The molecule has 0 aliphatic carbocycles. The monoisotopic (exact) mass is 260 g/mol. The van der Waals surface area contributed by atoms with E-state index >= 15 is 0 Å². The van der Waals surface area contributed by atoms with E-state index < -0.39 is 6.10 Å². The average molecular weight is 261 g/mol. The van der Waals surface area contributed by atoms with E-state index in [1.54, 1.807) is 18.7 Å². The summed E-state index contributed by atoms with van der Waals surface area (Å²) in [4.78, 5) is 1.23. The lowest BCUT2D eigenvalue weighted by Gasteiger charge is -2.07. The first kappa shape index (κ1) is 11.1. The Hall–Kier alpha value is 0.01000. The van der Waals surface area contributed by atoms with Crippen molar-refractivity contribution >= 4 is 27.7 Å². The Bertz CT molecular complexity index is 286. The summed E-state index contributed by atoms with van der Waals surface area (Å²) in [6, 6.07) is 5.98. The lowest BCUT2D eigenvalue weighted by Crippen LogP contribution is -1.90. The summed E-state index contributed by atoms with van der Waals surface area (Å²) in [7, 11) is 0. The van der Waals surface area contributed by atoms with Crippen LogP contribution in [-0.2, 0) is 0 Å². The van der Waals surface area contributed by atoms with E-state index in [0.29, 0.717) is 0 Å². The maximum atomic E-state index is 9.34. The van der Waals surface area contributed by atoms with Crippen molar-refractivity contribution in [2.75, 3.05) is 5.75 Å². The zero-order chi connectivity index (χ0) is 9.84. The lowest BCUT2D eigenvalue weighted by molar-refractivity contribution is 0.199. The van der Waals surface area contributed by atoms with E-state index in [1.165, 1.54) is 4.90 Å². The standard InChI is InChI=1S/C10H13BrOS/c1-3-13-10-5-4-8(7(2)12)6-9(10)11/h4-7,12H,3H2,1-2H3/t7-/m0/s1. The normalized spacial score (nSPS) is 12.9. The Kier molecular flexibility index (Phi) is 4.29. The van der Waals surface area contributed by atoms with E-state index in [4.69, 9.17) is 0 Å². The highest BCUT2D eigenvalue weighted by Gasteiger charge is 2.04. The number of rotatable bonds is 3. The summed E-state index contributed by atoms with van der Waals surface area (Å²) in [5.74, 6) is 1.06. The van der Waals surface area contributed by atoms with Crippen LogP contribution in [0.4, 0.5) is 0 Å². The molecule has 0 aliphatic heterocycles. The predicted molar refractivity (Wildman–Crippen MR) is 61.2 cm³/mol. The third kappa shape index (κ3) is 3.01. The van der Waals surface area contributed by atoms with Gasteiger partial charge in [-0.1, -0.05) is 13.0 Å². The van der Waals surface area contributed by atoms with Crippen LogP contribution in [-0.4, -0.2) is 10.9 Å². The molecule has 13 heavy (non-hydrogen) atoms. The first-order chi connectivity index (χ1) is 6.15. The van der Waals surface area contributed by atoms with Crippen molar-refractivity contribution in [3.8, 4) is 0 Å². The van der Waals surface area contributed by atoms with Crippen LogP contribution in [0.5, 0.6) is 0 Å². The van der Waals surface area contributed by atoms with E-state index in [9.17, 15) is 5.11 Å². The number of aliphatic hydroxyl groups is 1. The first-order valence-electron chi connectivity index (χ1n) is 4.25. The molecule has 0 heterocycles. The Morgan fingerprint density at radius 2 is 2.23 bits per heavy atom. The van der Waals surface area contributed by atoms with Crippen molar-refractivity contribution in [1.82, 2.24) is 0 Å². The molecule has 0 saturated heterocycles. The van der Waals surface area contributed by atoms with Crippen LogP contribution in [0.2, 0.25) is 0 Å². The Labute approximate surface area is 91.7 Å². The molecule has 1 atom stereocenters. The van der Waals surface area contributed by atoms with Crippen molar-refractivity contribution in [2.24, 2.45) is 0 Å². The summed E-state index contributed by atoms with van der Waals surface area (Å²) >= 11 is 5.28. The van der Waals surface area contributed by atoms with Gasteiger partial charge in [-0.05, 0) is 46.3 Å². The van der Waals surface area contributed by atoms with E-state index in [-0.39, 0.29) is 0 Å². The summed E-state index contributed by atoms with van der Waals surface area (Å²) in [6.07, 6.45) is -0.392. The minimum Gasteiger partial charge on any atom is -0.389 e. The summed E-state index contributed by atoms with van der Waals surface area (Å²) in [6.45, 7) is 3.90. The van der Waals surface area contributed by atoms with Crippen LogP contribution < -0.4 is 0 Å². The van der Waals surface area contributed by atoms with Crippen molar-refractivity contribution in [1.29, 1.82) is 0 Å². The first-order valence-corrected chi connectivity index (χ1v) is 6.03. The Balaban J connectivity index is 2.92. The van der Waals surface area contributed by atoms with Crippen LogP contribution >= 0.6 is 27.7 Å². The molecule has 1 aromatic rings. The fourth-order valence-electron chi connectivity index (χ4n) is 1.05. The molecule has 0 bridgehead atoms. The third-order valence-corrected chi connectivity index (χ3v) is 3.61. The zero-order valence-electron chi connectivity index (χ0n) is 7.75. The highest BCUT2D eigenvalue weighted by atomic mass is 79.9. The predicted octanol–water partition coefficient (Wildman–Crippen LogP) is 3.61. The molecule has 0 radical (unpaired) electrons. The number of aliphatic hydroxyl groups excluding tert-OH is 1. The Morgan fingerprint density at radius 1 is 1.54 bits per heavy atom. The third-order valence-electron chi connectivity index (χ3n) is 1.74. The SMILES string of the molecule is CCSc1ccc([C@H](C)O)cc1Br. The van der Waals surface area contributed by atoms with Crippen LogP contribution in [0, 0.1) is 0 Å². The number of benzene rings is 1. The number of thioether (sulfide) groups is 1. The highest BCUT2D eigenvalue weighted by molar-refractivity contribution is 9.10. The second-order valence-electron chi connectivity index (χ2n) is 2.80. The number of halogens is 1. The fraction of sp³-hybridized carbons (Fsp3) is 0.400. The van der Waals surface area contributed by atoms with Gasteiger partial charge in [-0.2, -0.15) is 0 Å². The second kappa shape index (κ2) is 5.03. The van der Waals surface area contributed by atoms with Crippen LogP contribution in [0.15, 0.2) is 27.6 Å². The molecule has 3 heteroatoms. The van der Waals surface area contributed by atoms with Gasteiger partial charge >= 0.3 is 0 Å². The smallest absolute Gasteiger partial charge is 0.0762 e. The van der Waals surface area contributed by atoms with Gasteiger partial charge in [0, 0.05) is 9.37 Å². The summed E-state index contributed by atoms with van der Waals surface area (Å²) in [5, 5.41) is 9.34. The Morgan fingerprint density at radius 3 is 2.69 bits per heavy atom. The molecule has 1 N–H and O–H groups in total. The molecule has 0 saturated carbocycles. The zero-order valence-corrected chi connectivity index (χ0v) is 10.2. The second-order valence-corrected chi connectivity index (χ2v) is 4.96. The van der Waals surface area contributed by atoms with Gasteiger partial charge in [0.05, 0.1) is 6.10 Å². The number of hydrogen-bond donors (Lipinski definition) is 1. The van der Waals surface area contributed by atoms with Crippen LogP contribution in [0.1, 0.15) is 25.5 Å². The van der Waals surface area contributed by atoms with E-state index in [2.05, 4.69) is 22.9 Å². The minimum atomic E-state index is -0.392. The van der Waals surface area contributed by atoms with Crippen molar-refractivity contribution in [3.05, 3.63) is 28.2 Å². The fourth-order valence-corrected chi connectivity index (χ4v) is 2.46. The quantitative estimate of drug-likeness (QED) is 0.839. The highest BCUT2D eigenvalue weighted by Crippen LogP contribution is 2.29. The molecule has 72 valence electrons. The van der Waals surface area contributed by atoms with Gasteiger partial charge in [-0.3, -0.25) is 0 Å². The van der Waals surface area contributed by atoms with Gasteiger partial charge in [-0.25, -0.2) is 0 Å². The largest absolute Gasteiger partial charge is 0.389 e. The van der Waals surface area contributed by atoms with Crippen molar-refractivity contribution in [2.45, 2.75) is 24.8 Å². The van der Waals surface area contributed by atoms with Crippen molar-refractivity contribution < 1.29 is 5.11 Å². The average Bonchev–Trinajstić information content (AvgIpc) is 2.08. The number of hydrogen-bond acceptors (Lipinski definition) is 2. The molecule has 0 aliphatic rings. The van der Waals surface area contributed by atoms with Gasteiger partial charge in [0.2, 0.25) is 0 Å². The molecule has 0 fully saturated rings. The van der Waals surface area contributed by atoms with Gasteiger partial charge in [0.15, 0.2) is 0 Å². The molecular weight excluding hydrogens is 248 g/mol. The molecule has 1 nitrogen and oxygen atoms in total. The van der Waals surface area contributed by atoms with E-state index in [0.717, 1.165) is 15.8 Å². The molecule has 0 aromatic heterocycles. The molecular formula is C10H13BrOS. The molecule has 0 unspecified atom stereocenters. The molecule has 0 amide bonds. The van der Waals surface area contributed by atoms with Gasteiger partial charge in [0.25, 0.3) is 0 Å². The topological polar surface area (TPSA) is 20.2 Å². The van der Waals surface area contributed by atoms with E-state index in [1.807, 2.05) is 18.2 Å². The van der Waals surface area contributed by atoms with Crippen LogP contribution in [0.25, 0.3) is 0 Å². The van der Waals surface area contributed by atoms with Gasteiger partial charge < -0.3 is 5.11 Å². The summed E-state index contributed by atoms with van der Waals surface area (Å²) in [5.41, 5.74) is 0.951. The lowest BCUT2D eigenvalue weighted by atomic mass is 10.1. The summed E-state index contributed by atoms with van der Waals surface area (Å²) < 4.78 is 1.07. The molecule has 1 aromatic carbocycles. The minimum absolute atomic E-state index is 0.392. The van der Waals surface area contributed by atoms with Gasteiger partial charge in [-0.15, -0.1) is 11.8 Å².